The van der Waals surface area contributed by atoms with E-state index in [-0.39, 0.29) is 0 Å². The number of nitrogens with one attached hydrogen (secondary N) is 1. The molecule has 2 aromatic heterocycles. The van der Waals surface area contributed by atoms with Gasteiger partial charge in [0.05, 0.1) is 0 Å². The summed E-state index contributed by atoms with van der Waals surface area (Å²) in [4.78, 5) is 9.85. The van der Waals surface area contributed by atoms with Gasteiger partial charge < -0.3 is 5.32 Å². The van der Waals surface area contributed by atoms with Crippen LogP contribution in [0, 0.1) is 0 Å². The molecule has 0 aromatic carbocycles. The van der Waals surface area contributed by atoms with E-state index in [1.807, 2.05) is 6.20 Å². The van der Waals surface area contributed by atoms with Crippen LogP contribution in [-0.4, -0.2) is 16.5 Å². The second-order valence-corrected chi connectivity index (χ2v) is 5.46. The van der Waals surface area contributed by atoms with Gasteiger partial charge in [-0.25, -0.2) is 9.97 Å². The van der Waals surface area contributed by atoms with Gasteiger partial charge in [0, 0.05) is 18.1 Å². The number of rotatable bonds is 8. The molecule has 1 N–H and O–H groups in total. The predicted octanol–water partition coefficient (Wildman–Crippen LogP) is 4.46. The van der Waals surface area contributed by atoms with Gasteiger partial charge in [-0.05, 0) is 17.9 Å². The van der Waals surface area contributed by atoms with E-state index in [4.69, 9.17) is 0 Å². The highest BCUT2D eigenvalue weighted by Gasteiger charge is 1.99. The zero-order chi connectivity index (χ0) is 12.6. The molecule has 18 heavy (non-hydrogen) atoms. The van der Waals surface area contributed by atoms with Crippen molar-refractivity contribution >= 4 is 27.5 Å². The second-order valence-electron chi connectivity index (χ2n) is 4.57. The van der Waals surface area contributed by atoms with Crippen molar-refractivity contribution in [2.75, 3.05) is 11.9 Å². The first kappa shape index (κ1) is 13.3. The van der Waals surface area contributed by atoms with E-state index in [1.54, 1.807) is 11.3 Å². The van der Waals surface area contributed by atoms with Crippen LogP contribution >= 0.6 is 11.3 Å². The molecular weight excluding hydrogens is 242 g/mol. The summed E-state index contributed by atoms with van der Waals surface area (Å²) < 4.78 is 0. The van der Waals surface area contributed by atoms with Crippen molar-refractivity contribution in [1.29, 1.82) is 0 Å². The van der Waals surface area contributed by atoms with Crippen molar-refractivity contribution in [2.45, 2.75) is 45.4 Å². The van der Waals surface area contributed by atoms with Gasteiger partial charge in [-0.1, -0.05) is 39.0 Å². The Morgan fingerprint density at radius 2 is 2.00 bits per heavy atom. The molecule has 0 amide bonds. The highest BCUT2D eigenvalue weighted by Crippen LogP contribution is 2.18. The van der Waals surface area contributed by atoms with Crippen LogP contribution in [0.4, 0.5) is 5.95 Å². The SMILES string of the molecule is CCCCCCCCNc1ncc2ccsc2n1. The number of hydrogen-bond acceptors (Lipinski definition) is 4. The monoisotopic (exact) mass is 263 g/mol. The predicted molar refractivity (Wildman–Crippen MR) is 79.3 cm³/mol. The summed E-state index contributed by atoms with van der Waals surface area (Å²) in [6, 6.07) is 2.05. The molecule has 98 valence electrons. The molecule has 0 aliphatic heterocycles. The Morgan fingerprint density at radius 3 is 2.89 bits per heavy atom. The summed E-state index contributed by atoms with van der Waals surface area (Å²) >= 11 is 1.66. The van der Waals surface area contributed by atoms with Crippen LogP contribution in [0.1, 0.15) is 45.4 Å². The molecule has 2 aromatic rings. The van der Waals surface area contributed by atoms with E-state index < -0.39 is 0 Å². The Labute approximate surface area is 113 Å². The molecule has 0 aliphatic rings. The summed E-state index contributed by atoms with van der Waals surface area (Å²) in [5.41, 5.74) is 0. The lowest BCUT2D eigenvalue weighted by molar-refractivity contribution is 0.616. The zero-order valence-corrected chi connectivity index (χ0v) is 11.8. The molecule has 0 atom stereocenters. The van der Waals surface area contributed by atoms with E-state index in [9.17, 15) is 0 Å². The fraction of sp³-hybridized carbons (Fsp3) is 0.571. The quantitative estimate of drug-likeness (QED) is 0.714. The lowest BCUT2D eigenvalue weighted by Crippen LogP contribution is -2.04. The maximum atomic E-state index is 4.48. The van der Waals surface area contributed by atoms with Gasteiger partial charge in [0.25, 0.3) is 0 Å². The minimum absolute atomic E-state index is 0.763. The number of thiophene rings is 1. The average molecular weight is 263 g/mol. The lowest BCUT2D eigenvalue weighted by Gasteiger charge is -2.04. The molecule has 0 radical (unpaired) electrons. The van der Waals surface area contributed by atoms with Crippen molar-refractivity contribution in [1.82, 2.24) is 9.97 Å². The van der Waals surface area contributed by atoms with Gasteiger partial charge in [0.1, 0.15) is 4.83 Å². The Morgan fingerprint density at radius 1 is 1.17 bits per heavy atom. The molecule has 4 heteroatoms. The Bertz CT molecular complexity index is 467. The highest BCUT2D eigenvalue weighted by atomic mass is 32.1. The third-order valence-corrected chi connectivity index (χ3v) is 3.84. The number of anilines is 1. The van der Waals surface area contributed by atoms with E-state index in [0.717, 1.165) is 22.7 Å². The molecule has 0 bridgehead atoms. The van der Waals surface area contributed by atoms with Gasteiger partial charge in [0.2, 0.25) is 5.95 Å². The molecule has 0 unspecified atom stereocenters. The average Bonchev–Trinajstić information content (AvgIpc) is 2.85. The Balaban J connectivity index is 1.67. The minimum atomic E-state index is 0.763. The number of nitrogens with zero attached hydrogens (tertiary/aromatic N) is 2. The van der Waals surface area contributed by atoms with Crippen molar-refractivity contribution < 1.29 is 0 Å². The van der Waals surface area contributed by atoms with Crippen molar-refractivity contribution in [3.05, 3.63) is 17.6 Å². The topological polar surface area (TPSA) is 37.8 Å². The van der Waals surface area contributed by atoms with Crippen LogP contribution in [0.5, 0.6) is 0 Å². The first-order valence-electron chi connectivity index (χ1n) is 6.84. The first-order valence-corrected chi connectivity index (χ1v) is 7.72. The molecule has 0 saturated heterocycles. The lowest BCUT2D eigenvalue weighted by atomic mass is 10.1. The highest BCUT2D eigenvalue weighted by molar-refractivity contribution is 7.16. The smallest absolute Gasteiger partial charge is 0.224 e. The van der Waals surface area contributed by atoms with Gasteiger partial charge >= 0.3 is 0 Å². The third kappa shape index (κ3) is 3.95. The van der Waals surface area contributed by atoms with E-state index >= 15 is 0 Å². The van der Waals surface area contributed by atoms with Crippen LogP contribution in [0.25, 0.3) is 10.2 Å². The molecule has 0 fully saturated rings. The van der Waals surface area contributed by atoms with Crippen LogP contribution in [0.2, 0.25) is 0 Å². The number of unbranched alkanes of at least 4 members (excludes halogenated alkanes) is 5. The second kappa shape index (κ2) is 7.31. The largest absolute Gasteiger partial charge is 0.354 e. The molecular formula is C14H21N3S. The summed E-state index contributed by atoms with van der Waals surface area (Å²) in [5, 5.41) is 6.48. The summed E-state index contributed by atoms with van der Waals surface area (Å²) in [6.07, 6.45) is 9.79. The van der Waals surface area contributed by atoms with E-state index in [1.165, 1.54) is 38.5 Å². The normalized spacial score (nSPS) is 10.9. The maximum Gasteiger partial charge on any atom is 0.224 e. The molecule has 0 spiro atoms. The molecule has 0 aliphatic carbocycles. The maximum absolute atomic E-state index is 4.48. The Hall–Kier alpha value is -1.16. The fourth-order valence-corrected chi connectivity index (χ4v) is 2.69. The van der Waals surface area contributed by atoms with Crippen LogP contribution in [-0.2, 0) is 0 Å². The summed E-state index contributed by atoms with van der Waals surface area (Å²) in [7, 11) is 0. The van der Waals surface area contributed by atoms with Gasteiger partial charge in [-0.3, -0.25) is 0 Å². The van der Waals surface area contributed by atoms with Crippen molar-refractivity contribution in [3.63, 3.8) is 0 Å². The van der Waals surface area contributed by atoms with Gasteiger partial charge in [0.15, 0.2) is 0 Å². The number of aromatic nitrogens is 2. The standard InChI is InChI=1S/C14H21N3S/c1-2-3-4-5-6-7-9-15-14-16-11-12-8-10-18-13(12)17-14/h8,10-11H,2-7,9H2,1H3,(H,15,16,17). The van der Waals surface area contributed by atoms with Crippen LogP contribution < -0.4 is 5.32 Å². The van der Waals surface area contributed by atoms with Crippen molar-refractivity contribution in [3.8, 4) is 0 Å². The molecule has 2 rings (SSSR count). The van der Waals surface area contributed by atoms with Crippen LogP contribution in [0.15, 0.2) is 17.6 Å². The number of fused-ring (bicyclic) bond motifs is 1. The van der Waals surface area contributed by atoms with Gasteiger partial charge in [-0.2, -0.15) is 0 Å². The van der Waals surface area contributed by atoms with Crippen LogP contribution in [0.3, 0.4) is 0 Å². The number of hydrogen-bond donors (Lipinski definition) is 1. The minimum Gasteiger partial charge on any atom is -0.354 e. The van der Waals surface area contributed by atoms with Crippen molar-refractivity contribution in [2.24, 2.45) is 0 Å². The zero-order valence-electron chi connectivity index (χ0n) is 11.0. The fourth-order valence-electron chi connectivity index (χ4n) is 1.95. The molecule has 2 heterocycles. The Kier molecular flexibility index (Phi) is 5.39. The van der Waals surface area contributed by atoms with E-state index in [2.05, 4.69) is 33.7 Å². The molecule has 3 nitrogen and oxygen atoms in total. The third-order valence-electron chi connectivity index (χ3n) is 3.02. The summed E-state index contributed by atoms with van der Waals surface area (Å²) in [6.45, 7) is 3.22. The molecule has 0 saturated carbocycles. The van der Waals surface area contributed by atoms with Gasteiger partial charge in [-0.15, -0.1) is 11.3 Å². The van der Waals surface area contributed by atoms with E-state index in [0.29, 0.717) is 0 Å². The first-order chi connectivity index (χ1) is 8.90. The summed E-state index contributed by atoms with van der Waals surface area (Å²) in [5.74, 6) is 0.763.